The van der Waals surface area contributed by atoms with Crippen molar-refractivity contribution in [1.82, 2.24) is 5.32 Å². The minimum atomic E-state index is -0.0372. The Bertz CT molecular complexity index is 107. The topological polar surface area (TPSA) is 21.3 Å². The number of ether oxygens (including phenoxy) is 1. The van der Waals surface area contributed by atoms with Crippen LogP contribution in [0.3, 0.4) is 0 Å². The lowest BCUT2D eigenvalue weighted by Crippen LogP contribution is -2.39. The Kier molecular flexibility index (Phi) is 4.04. The average Bonchev–Trinajstić information content (AvgIpc) is 1.82. The van der Waals surface area contributed by atoms with Crippen molar-refractivity contribution in [3.63, 3.8) is 0 Å². The molecular formula is C9H21NO. The summed E-state index contributed by atoms with van der Waals surface area (Å²) in [6, 6.07) is 0.411. The second-order valence-electron chi connectivity index (χ2n) is 4.01. The fourth-order valence-corrected chi connectivity index (χ4v) is 0.894. The minimum Gasteiger partial charge on any atom is -0.371 e. The first-order valence-corrected chi connectivity index (χ1v) is 4.22. The van der Waals surface area contributed by atoms with Gasteiger partial charge in [0.05, 0.1) is 11.7 Å². The molecule has 11 heavy (non-hydrogen) atoms. The van der Waals surface area contributed by atoms with Crippen LogP contribution in [-0.4, -0.2) is 24.8 Å². The van der Waals surface area contributed by atoms with Crippen molar-refractivity contribution in [2.24, 2.45) is 0 Å². The molecule has 0 saturated carbocycles. The number of hydrogen-bond acceptors (Lipinski definition) is 2. The van der Waals surface area contributed by atoms with Crippen molar-refractivity contribution in [3.8, 4) is 0 Å². The van der Waals surface area contributed by atoms with Gasteiger partial charge in [-0.05, 0) is 41.7 Å². The van der Waals surface area contributed by atoms with Crippen molar-refractivity contribution in [2.45, 2.75) is 52.4 Å². The molecule has 0 bridgehead atoms. The van der Waals surface area contributed by atoms with Gasteiger partial charge in [-0.3, -0.25) is 0 Å². The van der Waals surface area contributed by atoms with E-state index < -0.39 is 0 Å². The zero-order valence-electron chi connectivity index (χ0n) is 8.56. The SMILES string of the molecule is CN[C@@H](C)[C@@H](C)OC(C)(C)C. The molecule has 0 saturated heterocycles. The summed E-state index contributed by atoms with van der Waals surface area (Å²) in [5, 5.41) is 3.16. The molecule has 68 valence electrons. The molecule has 2 nitrogen and oxygen atoms in total. The molecule has 0 radical (unpaired) electrons. The van der Waals surface area contributed by atoms with Gasteiger partial charge < -0.3 is 10.1 Å². The summed E-state index contributed by atoms with van der Waals surface area (Å²) >= 11 is 0. The quantitative estimate of drug-likeness (QED) is 0.678. The van der Waals surface area contributed by atoms with Gasteiger partial charge in [-0.1, -0.05) is 0 Å². The van der Waals surface area contributed by atoms with E-state index in [1.165, 1.54) is 0 Å². The first-order valence-electron chi connectivity index (χ1n) is 4.22. The lowest BCUT2D eigenvalue weighted by atomic mass is 10.1. The molecule has 2 heteroatoms. The van der Waals surface area contributed by atoms with Crippen LogP contribution in [0.1, 0.15) is 34.6 Å². The van der Waals surface area contributed by atoms with Gasteiger partial charge in [-0.2, -0.15) is 0 Å². The van der Waals surface area contributed by atoms with E-state index in [0.29, 0.717) is 6.04 Å². The Balaban J connectivity index is 3.77. The second kappa shape index (κ2) is 4.07. The number of rotatable bonds is 3. The molecule has 0 rings (SSSR count). The lowest BCUT2D eigenvalue weighted by Gasteiger charge is -2.28. The molecular weight excluding hydrogens is 138 g/mol. The van der Waals surface area contributed by atoms with Crippen molar-refractivity contribution in [2.75, 3.05) is 7.05 Å². The normalized spacial score (nSPS) is 18.0. The van der Waals surface area contributed by atoms with E-state index in [4.69, 9.17) is 4.74 Å². The van der Waals surface area contributed by atoms with Crippen LogP contribution in [0.5, 0.6) is 0 Å². The van der Waals surface area contributed by atoms with Crippen LogP contribution < -0.4 is 5.32 Å². The molecule has 0 heterocycles. The summed E-state index contributed by atoms with van der Waals surface area (Å²) in [6.45, 7) is 10.4. The largest absolute Gasteiger partial charge is 0.371 e. The van der Waals surface area contributed by atoms with Gasteiger partial charge in [0.15, 0.2) is 0 Å². The minimum absolute atomic E-state index is 0.0372. The standard InChI is InChI=1S/C9H21NO/c1-7(10-6)8(2)11-9(3,4)5/h7-8,10H,1-6H3/t7-,8+/m0/s1. The Morgan fingerprint density at radius 2 is 1.64 bits per heavy atom. The molecule has 0 aliphatic carbocycles. The van der Waals surface area contributed by atoms with E-state index in [1.807, 2.05) is 7.05 Å². The van der Waals surface area contributed by atoms with Crippen molar-refractivity contribution in [1.29, 1.82) is 0 Å². The van der Waals surface area contributed by atoms with Gasteiger partial charge in [-0.15, -0.1) is 0 Å². The summed E-state index contributed by atoms with van der Waals surface area (Å²) in [4.78, 5) is 0. The zero-order valence-corrected chi connectivity index (χ0v) is 8.56. The monoisotopic (exact) mass is 159 g/mol. The summed E-state index contributed by atoms with van der Waals surface area (Å²) in [6.07, 6.45) is 0.264. The first kappa shape index (κ1) is 10.9. The van der Waals surface area contributed by atoms with E-state index in [-0.39, 0.29) is 11.7 Å². The zero-order chi connectivity index (χ0) is 9.07. The number of nitrogens with one attached hydrogen (secondary N) is 1. The summed E-state index contributed by atoms with van der Waals surface area (Å²) < 4.78 is 5.73. The highest BCUT2D eigenvalue weighted by atomic mass is 16.5. The fraction of sp³-hybridized carbons (Fsp3) is 1.00. The molecule has 0 aliphatic heterocycles. The Hall–Kier alpha value is -0.0800. The maximum absolute atomic E-state index is 5.73. The summed E-state index contributed by atoms with van der Waals surface area (Å²) in [7, 11) is 1.95. The van der Waals surface area contributed by atoms with Gasteiger partial charge in [-0.25, -0.2) is 0 Å². The van der Waals surface area contributed by atoms with Gasteiger partial charge in [0, 0.05) is 6.04 Å². The maximum Gasteiger partial charge on any atom is 0.0704 e. The molecule has 0 aromatic rings. The molecule has 0 aliphatic rings. The predicted octanol–water partition coefficient (Wildman–Crippen LogP) is 1.80. The highest BCUT2D eigenvalue weighted by Gasteiger charge is 2.18. The van der Waals surface area contributed by atoms with Gasteiger partial charge in [0.25, 0.3) is 0 Å². The third-order valence-electron chi connectivity index (χ3n) is 1.70. The van der Waals surface area contributed by atoms with Crippen LogP contribution in [0.2, 0.25) is 0 Å². The summed E-state index contributed by atoms with van der Waals surface area (Å²) in [5.74, 6) is 0. The van der Waals surface area contributed by atoms with Crippen LogP contribution in [0, 0.1) is 0 Å². The Morgan fingerprint density at radius 3 is 1.91 bits per heavy atom. The lowest BCUT2D eigenvalue weighted by molar-refractivity contribution is -0.0628. The molecule has 0 spiro atoms. The van der Waals surface area contributed by atoms with Crippen molar-refractivity contribution < 1.29 is 4.74 Å². The van der Waals surface area contributed by atoms with Gasteiger partial charge in [0.1, 0.15) is 0 Å². The smallest absolute Gasteiger partial charge is 0.0704 e. The Labute approximate surface area is 70.3 Å². The second-order valence-corrected chi connectivity index (χ2v) is 4.01. The molecule has 0 amide bonds. The van der Waals surface area contributed by atoms with E-state index in [9.17, 15) is 0 Å². The molecule has 0 aromatic heterocycles. The first-order chi connectivity index (χ1) is 4.87. The van der Waals surface area contributed by atoms with Gasteiger partial charge in [0.2, 0.25) is 0 Å². The van der Waals surface area contributed by atoms with Crippen molar-refractivity contribution >= 4 is 0 Å². The van der Waals surface area contributed by atoms with Gasteiger partial charge >= 0.3 is 0 Å². The van der Waals surface area contributed by atoms with Crippen LogP contribution >= 0.6 is 0 Å². The van der Waals surface area contributed by atoms with E-state index in [0.717, 1.165) is 0 Å². The van der Waals surface area contributed by atoms with Crippen LogP contribution in [0.4, 0.5) is 0 Å². The highest BCUT2D eigenvalue weighted by Crippen LogP contribution is 2.12. The van der Waals surface area contributed by atoms with Crippen LogP contribution in [0.15, 0.2) is 0 Å². The third kappa shape index (κ3) is 5.22. The maximum atomic E-state index is 5.73. The van der Waals surface area contributed by atoms with Crippen LogP contribution in [-0.2, 0) is 4.74 Å². The molecule has 1 N–H and O–H groups in total. The molecule has 0 fully saturated rings. The average molecular weight is 159 g/mol. The van der Waals surface area contributed by atoms with Crippen LogP contribution in [0.25, 0.3) is 0 Å². The molecule has 2 atom stereocenters. The van der Waals surface area contributed by atoms with E-state index >= 15 is 0 Å². The fourth-order valence-electron chi connectivity index (χ4n) is 0.894. The number of likely N-dealkylation sites (N-methyl/N-ethyl adjacent to an activating group) is 1. The third-order valence-corrected chi connectivity index (χ3v) is 1.70. The van der Waals surface area contributed by atoms with E-state index in [1.54, 1.807) is 0 Å². The predicted molar refractivity (Wildman–Crippen MR) is 48.8 cm³/mol. The molecule has 0 unspecified atom stereocenters. The van der Waals surface area contributed by atoms with Crippen molar-refractivity contribution in [3.05, 3.63) is 0 Å². The molecule has 0 aromatic carbocycles. The Morgan fingerprint density at radius 1 is 1.18 bits per heavy atom. The number of hydrogen-bond donors (Lipinski definition) is 1. The summed E-state index contributed by atoms with van der Waals surface area (Å²) in [5.41, 5.74) is -0.0372. The van der Waals surface area contributed by atoms with E-state index in [2.05, 4.69) is 39.9 Å². The highest BCUT2D eigenvalue weighted by molar-refractivity contribution is 4.70.